The van der Waals surface area contributed by atoms with E-state index < -0.39 is 0 Å². The third-order valence-corrected chi connectivity index (χ3v) is 4.64. The van der Waals surface area contributed by atoms with E-state index in [1.165, 1.54) is 12.0 Å². The van der Waals surface area contributed by atoms with Gasteiger partial charge in [-0.2, -0.15) is 0 Å². The van der Waals surface area contributed by atoms with E-state index in [2.05, 4.69) is 5.32 Å². The third-order valence-electron chi connectivity index (χ3n) is 4.64. The highest BCUT2D eigenvalue weighted by Gasteiger charge is 2.39. The van der Waals surface area contributed by atoms with Gasteiger partial charge in [0.2, 0.25) is 0 Å². The predicted octanol–water partition coefficient (Wildman–Crippen LogP) is 3.15. The highest BCUT2D eigenvalue weighted by molar-refractivity contribution is 6.36. The van der Waals surface area contributed by atoms with E-state index in [-0.39, 0.29) is 30.7 Å². The number of carbonyl (C=O) groups is 2. The summed E-state index contributed by atoms with van der Waals surface area (Å²) in [4.78, 5) is 27.3. The van der Waals surface area contributed by atoms with Crippen LogP contribution in [-0.4, -0.2) is 44.1 Å². The zero-order valence-electron chi connectivity index (χ0n) is 16.5. The Kier molecular flexibility index (Phi) is 5.80. The maximum Gasteiger partial charge on any atom is 0.278 e. The lowest BCUT2D eigenvalue weighted by Crippen LogP contribution is -2.35. The zero-order chi connectivity index (χ0) is 20.3. The number of nitrogens with one attached hydrogen (secondary N) is 1. The van der Waals surface area contributed by atoms with Gasteiger partial charge < -0.3 is 14.8 Å². The molecule has 0 saturated carbocycles. The summed E-state index contributed by atoms with van der Waals surface area (Å²) in [7, 11) is 3.10. The Morgan fingerprint density at radius 2 is 1.61 bits per heavy atom. The Morgan fingerprint density at radius 3 is 2.25 bits per heavy atom. The summed E-state index contributed by atoms with van der Waals surface area (Å²) in [5.41, 5.74) is 4.01. The molecular weight excluding hydrogens is 356 g/mol. The van der Waals surface area contributed by atoms with Crippen LogP contribution in [0.5, 0.6) is 5.75 Å². The summed E-state index contributed by atoms with van der Waals surface area (Å²) in [5, 5.41) is 3.15. The highest BCUT2D eigenvalue weighted by atomic mass is 16.5. The van der Waals surface area contributed by atoms with Gasteiger partial charge in [0.1, 0.15) is 11.4 Å². The highest BCUT2D eigenvalue weighted by Crippen LogP contribution is 2.33. The van der Waals surface area contributed by atoms with Gasteiger partial charge in [0.05, 0.1) is 31.5 Å². The van der Waals surface area contributed by atoms with Crippen molar-refractivity contribution in [3.8, 4) is 5.75 Å². The average molecular weight is 380 g/mol. The molecule has 1 N–H and O–H groups in total. The summed E-state index contributed by atoms with van der Waals surface area (Å²) in [5.74, 6) is -0.113. The normalized spacial score (nSPS) is 14.1. The van der Waals surface area contributed by atoms with E-state index >= 15 is 0 Å². The summed E-state index contributed by atoms with van der Waals surface area (Å²) in [6.45, 7) is 4.40. The van der Waals surface area contributed by atoms with Gasteiger partial charge in [0.25, 0.3) is 11.8 Å². The Hall–Kier alpha value is -3.12. The fourth-order valence-electron chi connectivity index (χ4n) is 3.12. The van der Waals surface area contributed by atoms with Gasteiger partial charge in [-0.25, -0.2) is 0 Å². The second kappa shape index (κ2) is 8.27. The molecule has 6 nitrogen and oxygen atoms in total. The lowest BCUT2D eigenvalue weighted by atomic mass is 10.0. The van der Waals surface area contributed by atoms with Crippen LogP contribution < -0.4 is 10.1 Å². The van der Waals surface area contributed by atoms with Gasteiger partial charge >= 0.3 is 0 Å². The Morgan fingerprint density at radius 1 is 0.929 bits per heavy atom. The fourth-order valence-corrected chi connectivity index (χ4v) is 3.12. The number of anilines is 1. The van der Waals surface area contributed by atoms with E-state index in [0.717, 1.165) is 11.1 Å². The first-order chi connectivity index (χ1) is 13.5. The Balaban J connectivity index is 2.08. The number of nitrogens with zero attached hydrogens (tertiary/aromatic N) is 1. The Labute approximate surface area is 164 Å². The molecule has 2 aromatic rings. The molecule has 0 unspecified atom stereocenters. The first-order valence-electron chi connectivity index (χ1n) is 9.04. The average Bonchev–Trinajstić information content (AvgIpc) is 2.91. The van der Waals surface area contributed by atoms with Crippen molar-refractivity contribution in [2.24, 2.45) is 0 Å². The van der Waals surface area contributed by atoms with Crippen molar-refractivity contribution in [1.29, 1.82) is 0 Å². The molecule has 3 rings (SSSR count). The molecule has 0 aromatic heterocycles. The van der Waals surface area contributed by atoms with Gasteiger partial charge in [-0.05, 0) is 37.1 Å². The molecule has 0 saturated heterocycles. The molecule has 1 heterocycles. The van der Waals surface area contributed by atoms with Gasteiger partial charge in [0, 0.05) is 7.11 Å². The van der Waals surface area contributed by atoms with Crippen molar-refractivity contribution in [3.05, 3.63) is 64.9 Å². The largest absolute Gasteiger partial charge is 0.495 e. The van der Waals surface area contributed by atoms with Crippen LogP contribution in [0.25, 0.3) is 5.57 Å². The summed E-state index contributed by atoms with van der Waals surface area (Å²) >= 11 is 0. The molecule has 28 heavy (non-hydrogen) atoms. The number of carbonyl (C=O) groups excluding carboxylic acids is 2. The molecule has 1 aliphatic heterocycles. The predicted molar refractivity (Wildman–Crippen MR) is 108 cm³/mol. The number of rotatable bonds is 7. The molecule has 0 atom stereocenters. The molecule has 146 valence electrons. The molecule has 0 fully saturated rings. The van der Waals surface area contributed by atoms with Crippen molar-refractivity contribution in [1.82, 2.24) is 4.90 Å². The van der Waals surface area contributed by atoms with Crippen molar-refractivity contribution in [3.63, 3.8) is 0 Å². The summed E-state index contributed by atoms with van der Waals surface area (Å²) < 4.78 is 10.5. The van der Waals surface area contributed by atoms with E-state index in [0.29, 0.717) is 22.6 Å². The second-order valence-corrected chi connectivity index (χ2v) is 6.70. The van der Waals surface area contributed by atoms with Crippen LogP contribution in [0.15, 0.2) is 48.2 Å². The van der Waals surface area contributed by atoms with Crippen molar-refractivity contribution in [2.75, 3.05) is 32.7 Å². The van der Waals surface area contributed by atoms with Crippen molar-refractivity contribution in [2.45, 2.75) is 13.8 Å². The molecule has 2 aromatic carbocycles. The van der Waals surface area contributed by atoms with Gasteiger partial charge in [0.15, 0.2) is 0 Å². The summed E-state index contributed by atoms with van der Waals surface area (Å²) in [6.07, 6.45) is 0. The van der Waals surface area contributed by atoms with Gasteiger partial charge in [-0.15, -0.1) is 0 Å². The lowest BCUT2D eigenvalue weighted by Gasteiger charge is -2.15. The van der Waals surface area contributed by atoms with Gasteiger partial charge in [-0.1, -0.05) is 35.9 Å². The van der Waals surface area contributed by atoms with E-state index in [1.807, 2.05) is 56.3 Å². The van der Waals surface area contributed by atoms with E-state index in [4.69, 9.17) is 9.47 Å². The molecule has 0 aliphatic carbocycles. The minimum atomic E-state index is -0.374. The summed E-state index contributed by atoms with van der Waals surface area (Å²) in [6, 6.07) is 13.2. The minimum Gasteiger partial charge on any atom is -0.495 e. The van der Waals surface area contributed by atoms with Gasteiger partial charge in [-0.3, -0.25) is 14.5 Å². The molecule has 0 spiro atoms. The van der Waals surface area contributed by atoms with Crippen LogP contribution >= 0.6 is 0 Å². The number of ether oxygens (including phenoxy) is 2. The number of hydrogen-bond donors (Lipinski definition) is 1. The number of benzene rings is 2. The minimum absolute atomic E-state index is 0.194. The maximum atomic E-state index is 13.0. The number of imide groups is 1. The van der Waals surface area contributed by atoms with Crippen LogP contribution in [0, 0.1) is 13.8 Å². The third kappa shape index (κ3) is 3.77. The van der Waals surface area contributed by atoms with Crippen molar-refractivity contribution < 1.29 is 19.1 Å². The van der Waals surface area contributed by atoms with E-state index in [9.17, 15) is 9.59 Å². The molecular formula is C22H24N2O4. The van der Waals surface area contributed by atoms with Crippen LogP contribution in [0.2, 0.25) is 0 Å². The number of aryl methyl sites for hydroxylation is 2. The van der Waals surface area contributed by atoms with Crippen LogP contribution in [0.3, 0.4) is 0 Å². The number of methoxy groups -OCH3 is 2. The second-order valence-electron chi connectivity index (χ2n) is 6.70. The lowest BCUT2D eigenvalue weighted by molar-refractivity contribution is -0.137. The van der Waals surface area contributed by atoms with E-state index in [1.54, 1.807) is 7.11 Å². The first-order valence-corrected chi connectivity index (χ1v) is 9.04. The zero-order valence-corrected chi connectivity index (χ0v) is 16.5. The van der Waals surface area contributed by atoms with Crippen LogP contribution in [-0.2, 0) is 14.3 Å². The molecule has 2 amide bonds. The molecule has 6 heteroatoms. The SMILES string of the molecule is COCCN1C(=O)C(Nc2cc(C)ccc2OC)=C(c2ccc(C)cc2)C1=O. The van der Waals surface area contributed by atoms with Crippen LogP contribution in [0.4, 0.5) is 5.69 Å². The molecule has 1 aliphatic rings. The number of hydrogen-bond acceptors (Lipinski definition) is 5. The monoisotopic (exact) mass is 380 g/mol. The Bertz CT molecular complexity index is 932. The molecule has 0 bridgehead atoms. The fraction of sp³-hybridized carbons (Fsp3) is 0.273. The quantitative estimate of drug-likeness (QED) is 0.748. The first kappa shape index (κ1) is 19.6. The maximum absolute atomic E-state index is 13.0. The molecule has 0 radical (unpaired) electrons. The van der Waals surface area contributed by atoms with Crippen LogP contribution in [0.1, 0.15) is 16.7 Å². The number of amides is 2. The standard InChI is InChI=1S/C22H24N2O4/c1-14-5-8-16(9-6-14)19-20(22(26)24(21(19)25)11-12-27-3)23-17-13-15(2)7-10-18(17)28-4/h5-10,13,23H,11-12H2,1-4H3. The van der Waals surface area contributed by atoms with Crippen molar-refractivity contribution >= 4 is 23.1 Å². The topological polar surface area (TPSA) is 67.9 Å². The smallest absolute Gasteiger partial charge is 0.278 e.